The largest absolute Gasteiger partial charge is 0.497 e. The molecule has 0 saturated heterocycles. The molecule has 1 aromatic rings. The van der Waals surface area contributed by atoms with Crippen molar-refractivity contribution in [1.82, 2.24) is 5.32 Å². The van der Waals surface area contributed by atoms with Gasteiger partial charge in [-0.15, -0.1) is 0 Å². The number of aliphatic hydroxyl groups excluding tert-OH is 1. The van der Waals surface area contributed by atoms with Crippen LogP contribution in [0.15, 0.2) is 24.3 Å². The molecular weight excluding hydrogens is 250 g/mol. The van der Waals surface area contributed by atoms with Crippen LogP contribution in [0.1, 0.15) is 50.7 Å². The molecule has 0 spiro atoms. The van der Waals surface area contributed by atoms with Crippen LogP contribution in [0.25, 0.3) is 0 Å². The zero-order valence-electron chi connectivity index (χ0n) is 12.6. The third-order valence-corrected chi connectivity index (χ3v) is 4.34. The summed E-state index contributed by atoms with van der Waals surface area (Å²) in [5.41, 5.74) is 0.916. The van der Waals surface area contributed by atoms with E-state index in [1.807, 2.05) is 24.3 Å². The van der Waals surface area contributed by atoms with Crippen LogP contribution in [-0.2, 0) is 0 Å². The van der Waals surface area contributed by atoms with Crippen molar-refractivity contribution in [3.8, 4) is 5.75 Å². The van der Waals surface area contributed by atoms with Crippen molar-refractivity contribution < 1.29 is 9.84 Å². The summed E-state index contributed by atoms with van der Waals surface area (Å²) < 4.78 is 5.20. The van der Waals surface area contributed by atoms with E-state index in [1.165, 1.54) is 32.1 Å². The van der Waals surface area contributed by atoms with Crippen molar-refractivity contribution in [3.05, 3.63) is 29.8 Å². The molecule has 3 atom stereocenters. The van der Waals surface area contributed by atoms with E-state index in [-0.39, 0.29) is 0 Å². The van der Waals surface area contributed by atoms with Crippen molar-refractivity contribution in [2.24, 2.45) is 5.92 Å². The molecule has 20 heavy (non-hydrogen) atoms. The topological polar surface area (TPSA) is 41.5 Å². The second-order valence-corrected chi connectivity index (χ2v) is 6.01. The summed E-state index contributed by atoms with van der Waals surface area (Å²) in [6, 6.07) is 8.23. The lowest BCUT2D eigenvalue weighted by molar-refractivity contribution is 0.167. The normalized spacial score (nSPS) is 24.9. The molecule has 2 rings (SSSR count). The summed E-state index contributed by atoms with van der Waals surface area (Å²) in [5, 5.41) is 13.8. The smallest absolute Gasteiger partial charge is 0.119 e. The maximum atomic E-state index is 10.3. The fraction of sp³-hybridized carbons (Fsp3) is 0.647. The van der Waals surface area contributed by atoms with Gasteiger partial charge in [0.1, 0.15) is 5.75 Å². The summed E-state index contributed by atoms with van der Waals surface area (Å²) in [6.07, 6.45) is 5.93. The molecule has 0 bridgehead atoms. The second kappa shape index (κ2) is 7.65. The second-order valence-electron chi connectivity index (χ2n) is 6.01. The van der Waals surface area contributed by atoms with Crippen molar-refractivity contribution in [2.75, 3.05) is 13.7 Å². The number of hydrogen-bond acceptors (Lipinski definition) is 3. The van der Waals surface area contributed by atoms with Crippen LogP contribution in [0.3, 0.4) is 0 Å². The molecule has 3 heteroatoms. The van der Waals surface area contributed by atoms with Crippen molar-refractivity contribution in [3.63, 3.8) is 0 Å². The third-order valence-electron chi connectivity index (χ3n) is 4.34. The van der Waals surface area contributed by atoms with E-state index in [2.05, 4.69) is 12.2 Å². The summed E-state index contributed by atoms with van der Waals surface area (Å²) in [6.45, 7) is 2.96. The lowest BCUT2D eigenvalue weighted by atomic mass is 10.0. The van der Waals surface area contributed by atoms with Gasteiger partial charge >= 0.3 is 0 Å². The summed E-state index contributed by atoms with van der Waals surface area (Å²) in [5.74, 6) is 1.65. The SMILES string of the molecule is COc1cccc(C(O)CNC2CCCC(C)CC2)c1. The number of rotatable bonds is 5. The monoisotopic (exact) mass is 277 g/mol. The minimum Gasteiger partial charge on any atom is -0.497 e. The molecule has 1 saturated carbocycles. The average Bonchev–Trinajstić information content (AvgIpc) is 2.69. The van der Waals surface area contributed by atoms with Crippen molar-refractivity contribution >= 4 is 0 Å². The molecule has 112 valence electrons. The highest BCUT2D eigenvalue weighted by molar-refractivity contribution is 5.29. The van der Waals surface area contributed by atoms with E-state index >= 15 is 0 Å². The quantitative estimate of drug-likeness (QED) is 0.812. The first-order chi connectivity index (χ1) is 9.69. The summed E-state index contributed by atoms with van der Waals surface area (Å²) in [4.78, 5) is 0. The van der Waals surface area contributed by atoms with Gasteiger partial charge in [-0.1, -0.05) is 31.9 Å². The highest BCUT2D eigenvalue weighted by Crippen LogP contribution is 2.23. The first-order valence-electron chi connectivity index (χ1n) is 7.74. The molecule has 3 unspecified atom stereocenters. The Bertz CT molecular complexity index is 408. The molecule has 0 heterocycles. The Kier molecular flexibility index (Phi) is 5.86. The van der Waals surface area contributed by atoms with Crippen LogP contribution in [0.5, 0.6) is 5.75 Å². The molecule has 0 aliphatic heterocycles. The molecular formula is C17H27NO2. The van der Waals surface area contributed by atoms with Gasteiger partial charge in [-0.2, -0.15) is 0 Å². The molecule has 1 aliphatic rings. The Balaban J connectivity index is 1.83. The standard InChI is InChI=1S/C17H27NO2/c1-13-5-3-7-15(10-9-13)18-12-17(19)14-6-4-8-16(11-14)20-2/h4,6,8,11,13,15,17-19H,3,5,7,9-10,12H2,1-2H3. The first-order valence-corrected chi connectivity index (χ1v) is 7.74. The molecule has 1 aliphatic carbocycles. The van der Waals surface area contributed by atoms with Gasteiger partial charge in [0.2, 0.25) is 0 Å². The summed E-state index contributed by atoms with van der Waals surface area (Å²) >= 11 is 0. The number of nitrogens with one attached hydrogen (secondary N) is 1. The van der Waals surface area contributed by atoms with Crippen LogP contribution in [0.2, 0.25) is 0 Å². The van der Waals surface area contributed by atoms with Gasteiger partial charge in [-0.05, 0) is 42.9 Å². The van der Waals surface area contributed by atoms with Gasteiger partial charge in [0.05, 0.1) is 13.2 Å². The van der Waals surface area contributed by atoms with Gasteiger partial charge in [-0.3, -0.25) is 0 Å². The van der Waals surface area contributed by atoms with Gasteiger partial charge in [-0.25, -0.2) is 0 Å². The number of aliphatic hydroxyl groups is 1. The van der Waals surface area contributed by atoms with Gasteiger partial charge in [0.15, 0.2) is 0 Å². The average molecular weight is 277 g/mol. The van der Waals surface area contributed by atoms with Crippen LogP contribution in [0.4, 0.5) is 0 Å². The summed E-state index contributed by atoms with van der Waals surface area (Å²) in [7, 11) is 1.65. The minimum atomic E-state index is -0.467. The van der Waals surface area contributed by atoms with Crippen LogP contribution in [0, 0.1) is 5.92 Å². The van der Waals surface area contributed by atoms with E-state index in [0.717, 1.165) is 17.2 Å². The zero-order chi connectivity index (χ0) is 14.4. The Labute approximate surface area is 122 Å². The van der Waals surface area contributed by atoms with E-state index < -0.39 is 6.10 Å². The highest BCUT2D eigenvalue weighted by atomic mass is 16.5. The van der Waals surface area contributed by atoms with Crippen LogP contribution >= 0.6 is 0 Å². The number of methoxy groups -OCH3 is 1. The molecule has 1 aromatic carbocycles. The molecule has 1 fully saturated rings. The van der Waals surface area contributed by atoms with E-state index in [1.54, 1.807) is 7.11 Å². The minimum absolute atomic E-state index is 0.467. The number of ether oxygens (including phenoxy) is 1. The Morgan fingerprint density at radius 2 is 2.15 bits per heavy atom. The molecule has 2 N–H and O–H groups in total. The lowest BCUT2D eigenvalue weighted by Gasteiger charge is -2.19. The van der Waals surface area contributed by atoms with Crippen LogP contribution in [-0.4, -0.2) is 24.8 Å². The zero-order valence-corrected chi connectivity index (χ0v) is 12.6. The van der Waals surface area contributed by atoms with E-state index in [0.29, 0.717) is 12.6 Å². The van der Waals surface area contributed by atoms with Gasteiger partial charge in [0, 0.05) is 12.6 Å². The highest BCUT2D eigenvalue weighted by Gasteiger charge is 2.17. The van der Waals surface area contributed by atoms with Crippen molar-refractivity contribution in [2.45, 2.75) is 51.2 Å². The van der Waals surface area contributed by atoms with E-state index in [9.17, 15) is 5.11 Å². The molecule has 0 aromatic heterocycles. The Morgan fingerprint density at radius 3 is 2.95 bits per heavy atom. The predicted molar refractivity (Wildman–Crippen MR) is 82.0 cm³/mol. The molecule has 0 amide bonds. The first kappa shape index (κ1) is 15.3. The Hall–Kier alpha value is -1.06. The van der Waals surface area contributed by atoms with Gasteiger partial charge in [0.25, 0.3) is 0 Å². The third kappa shape index (κ3) is 4.50. The van der Waals surface area contributed by atoms with Crippen molar-refractivity contribution in [1.29, 1.82) is 0 Å². The maximum Gasteiger partial charge on any atom is 0.119 e. The number of benzene rings is 1. The lowest BCUT2D eigenvalue weighted by Crippen LogP contribution is -2.32. The predicted octanol–water partition coefficient (Wildman–Crippen LogP) is 3.29. The fourth-order valence-electron chi connectivity index (χ4n) is 2.94. The van der Waals surface area contributed by atoms with Crippen LogP contribution < -0.4 is 10.1 Å². The van der Waals surface area contributed by atoms with E-state index in [4.69, 9.17) is 4.74 Å². The number of hydrogen-bond donors (Lipinski definition) is 2. The maximum absolute atomic E-state index is 10.3. The Morgan fingerprint density at radius 1 is 1.30 bits per heavy atom. The fourth-order valence-corrected chi connectivity index (χ4v) is 2.94. The molecule has 0 radical (unpaired) electrons. The molecule has 3 nitrogen and oxygen atoms in total. The van der Waals surface area contributed by atoms with Gasteiger partial charge < -0.3 is 15.2 Å².